The Kier molecular flexibility index (Phi) is 9.41. The molecule has 0 spiro atoms. The van der Waals surface area contributed by atoms with Crippen LogP contribution in [0.3, 0.4) is 0 Å². The Hall–Kier alpha value is -3.81. The van der Waals surface area contributed by atoms with Gasteiger partial charge in [0.25, 0.3) is 10.0 Å². The van der Waals surface area contributed by atoms with Gasteiger partial charge in [0.2, 0.25) is 15.9 Å². The average Bonchev–Trinajstić information content (AvgIpc) is 3.00. The Balaban J connectivity index is 1.64. The van der Waals surface area contributed by atoms with Crippen molar-refractivity contribution in [2.75, 3.05) is 50.6 Å². The molecular formula is C28H33N3O8S2. The highest BCUT2D eigenvalue weighted by Gasteiger charge is 2.31. The first kappa shape index (κ1) is 30.2. The Morgan fingerprint density at radius 2 is 1.44 bits per heavy atom. The summed E-state index contributed by atoms with van der Waals surface area (Å²) in [6.07, 6.45) is 2.49. The number of nitrogens with zero attached hydrogens (tertiary/aromatic N) is 2. The summed E-state index contributed by atoms with van der Waals surface area (Å²) < 4.78 is 72.5. The fraction of sp³-hybridized carbons (Fsp3) is 0.321. The van der Waals surface area contributed by atoms with Gasteiger partial charge in [-0.25, -0.2) is 16.8 Å². The van der Waals surface area contributed by atoms with Crippen molar-refractivity contribution in [1.82, 2.24) is 4.31 Å². The predicted molar refractivity (Wildman–Crippen MR) is 155 cm³/mol. The number of hydrogen-bond acceptors (Lipinski definition) is 8. The number of carbonyl (C=O) groups excluding carboxylic acids is 1. The topological polar surface area (TPSA) is 132 Å². The van der Waals surface area contributed by atoms with Crippen molar-refractivity contribution in [2.45, 2.75) is 29.1 Å². The second kappa shape index (κ2) is 12.8. The van der Waals surface area contributed by atoms with Crippen LogP contribution in [0.15, 0.2) is 76.5 Å². The second-order valence-electron chi connectivity index (χ2n) is 9.24. The van der Waals surface area contributed by atoms with Crippen LogP contribution in [0, 0.1) is 0 Å². The lowest BCUT2D eigenvalue weighted by molar-refractivity contribution is -0.114. The predicted octanol–water partition coefficient (Wildman–Crippen LogP) is 3.72. The zero-order chi connectivity index (χ0) is 29.6. The number of hydrogen-bond donors (Lipinski definition) is 1. The molecule has 11 nitrogen and oxygen atoms in total. The van der Waals surface area contributed by atoms with Crippen LogP contribution in [-0.4, -0.2) is 68.0 Å². The van der Waals surface area contributed by atoms with E-state index in [4.69, 9.17) is 14.2 Å². The van der Waals surface area contributed by atoms with Crippen LogP contribution in [-0.2, 0) is 24.8 Å². The van der Waals surface area contributed by atoms with Gasteiger partial charge in [0.15, 0.2) is 11.5 Å². The van der Waals surface area contributed by atoms with Gasteiger partial charge in [-0.05, 0) is 55.3 Å². The zero-order valence-electron chi connectivity index (χ0n) is 23.1. The van der Waals surface area contributed by atoms with E-state index < -0.39 is 32.5 Å². The third-order valence-electron chi connectivity index (χ3n) is 6.65. The van der Waals surface area contributed by atoms with Crippen molar-refractivity contribution in [3.05, 3.63) is 66.7 Å². The number of ether oxygens (including phenoxy) is 3. The van der Waals surface area contributed by atoms with Crippen molar-refractivity contribution in [1.29, 1.82) is 0 Å². The van der Waals surface area contributed by atoms with Gasteiger partial charge in [0.1, 0.15) is 17.2 Å². The number of methoxy groups -OCH3 is 3. The molecule has 0 unspecified atom stereocenters. The summed E-state index contributed by atoms with van der Waals surface area (Å²) in [4.78, 5) is 13.1. The SMILES string of the molecule is COc1ccc(S(=O)(=O)N(CC(=O)Nc2ccc(OC)c(S(=O)(=O)N3CCCCC3)c2)c2ccccc2)cc1OC. The highest BCUT2D eigenvalue weighted by molar-refractivity contribution is 7.92. The van der Waals surface area contributed by atoms with Crippen molar-refractivity contribution in [3.63, 3.8) is 0 Å². The van der Waals surface area contributed by atoms with Gasteiger partial charge in [0, 0.05) is 24.8 Å². The molecular weight excluding hydrogens is 570 g/mol. The van der Waals surface area contributed by atoms with Crippen LogP contribution in [0.1, 0.15) is 19.3 Å². The first-order chi connectivity index (χ1) is 19.6. The van der Waals surface area contributed by atoms with Gasteiger partial charge in [-0.15, -0.1) is 0 Å². The van der Waals surface area contributed by atoms with Crippen LogP contribution in [0.25, 0.3) is 0 Å². The molecule has 0 saturated carbocycles. The summed E-state index contributed by atoms with van der Waals surface area (Å²) in [6.45, 7) is 0.227. The third-order valence-corrected chi connectivity index (χ3v) is 10.3. The van der Waals surface area contributed by atoms with E-state index in [1.807, 2.05) is 0 Å². The molecule has 0 bridgehead atoms. The molecule has 1 aliphatic heterocycles. The molecule has 0 aromatic heterocycles. The summed E-state index contributed by atoms with van der Waals surface area (Å²) in [5.41, 5.74) is 0.448. The Labute approximate surface area is 240 Å². The van der Waals surface area contributed by atoms with Gasteiger partial charge >= 0.3 is 0 Å². The summed E-state index contributed by atoms with van der Waals surface area (Å²) >= 11 is 0. The second-order valence-corrected chi connectivity index (χ2v) is 13.0. The van der Waals surface area contributed by atoms with E-state index in [1.165, 1.54) is 62.0 Å². The van der Waals surface area contributed by atoms with Crippen molar-refractivity contribution in [2.24, 2.45) is 0 Å². The third kappa shape index (κ3) is 6.58. The highest BCUT2D eigenvalue weighted by atomic mass is 32.2. The quantitative estimate of drug-likeness (QED) is 0.351. The molecule has 220 valence electrons. The molecule has 1 amide bonds. The van der Waals surface area contributed by atoms with E-state index in [0.717, 1.165) is 23.6 Å². The Bertz CT molecular complexity index is 1590. The van der Waals surface area contributed by atoms with E-state index in [1.54, 1.807) is 30.3 Å². The maximum Gasteiger partial charge on any atom is 0.264 e. The Morgan fingerprint density at radius 3 is 2.07 bits per heavy atom. The van der Waals surface area contributed by atoms with Crippen LogP contribution in [0.5, 0.6) is 17.2 Å². The minimum atomic E-state index is -4.24. The summed E-state index contributed by atoms with van der Waals surface area (Å²) in [6, 6.07) is 16.6. The maximum atomic E-state index is 13.8. The number of benzene rings is 3. The number of amides is 1. The first-order valence-electron chi connectivity index (χ1n) is 12.9. The molecule has 1 heterocycles. The van der Waals surface area contributed by atoms with Gasteiger partial charge in [-0.2, -0.15) is 4.31 Å². The monoisotopic (exact) mass is 603 g/mol. The molecule has 4 rings (SSSR count). The van der Waals surface area contributed by atoms with Crippen molar-refractivity contribution < 1.29 is 35.8 Å². The number of para-hydroxylation sites is 1. The number of rotatable bonds is 11. The molecule has 3 aromatic carbocycles. The molecule has 1 saturated heterocycles. The fourth-order valence-corrected chi connectivity index (χ4v) is 7.68. The molecule has 41 heavy (non-hydrogen) atoms. The molecule has 1 fully saturated rings. The van der Waals surface area contributed by atoms with Gasteiger partial charge < -0.3 is 19.5 Å². The van der Waals surface area contributed by atoms with Crippen molar-refractivity contribution >= 4 is 37.3 Å². The molecule has 0 atom stereocenters. The van der Waals surface area contributed by atoms with E-state index in [9.17, 15) is 21.6 Å². The van der Waals surface area contributed by atoms with E-state index in [2.05, 4.69) is 5.32 Å². The average molecular weight is 604 g/mol. The maximum absolute atomic E-state index is 13.8. The molecule has 13 heteroatoms. The minimum absolute atomic E-state index is 0.0717. The summed E-state index contributed by atoms with van der Waals surface area (Å²) in [5.74, 6) is 0.0388. The van der Waals surface area contributed by atoms with Crippen LogP contribution >= 0.6 is 0 Å². The number of sulfonamides is 2. The van der Waals surface area contributed by atoms with Crippen molar-refractivity contribution in [3.8, 4) is 17.2 Å². The molecule has 0 radical (unpaired) electrons. The van der Waals surface area contributed by atoms with Gasteiger partial charge in [0.05, 0.1) is 31.9 Å². The minimum Gasteiger partial charge on any atom is -0.495 e. The van der Waals surface area contributed by atoms with Crippen LogP contribution < -0.4 is 23.8 Å². The molecule has 0 aliphatic carbocycles. The first-order valence-corrected chi connectivity index (χ1v) is 15.8. The van der Waals surface area contributed by atoms with E-state index >= 15 is 0 Å². The number of nitrogens with one attached hydrogen (secondary N) is 1. The van der Waals surface area contributed by atoms with Crippen LogP contribution in [0.4, 0.5) is 11.4 Å². The van der Waals surface area contributed by atoms with Crippen LogP contribution in [0.2, 0.25) is 0 Å². The largest absolute Gasteiger partial charge is 0.495 e. The molecule has 1 aliphatic rings. The fourth-order valence-electron chi connectivity index (χ4n) is 4.54. The number of anilines is 2. The van der Waals surface area contributed by atoms with E-state index in [-0.39, 0.29) is 32.7 Å². The molecule has 1 N–H and O–H groups in total. The summed E-state index contributed by atoms with van der Waals surface area (Å²) in [7, 11) is -3.91. The lowest BCUT2D eigenvalue weighted by Crippen LogP contribution is -2.38. The standard InChI is InChI=1S/C28H33N3O8S2/c1-37-24-15-13-23(19-26(24)39-3)40(33,34)31(22-10-6-4-7-11-22)20-28(32)29-21-12-14-25(38-2)27(18-21)41(35,36)30-16-8-5-9-17-30/h4,6-7,10-15,18-19H,5,8-9,16-17,20H2,1-3H3,(H,29,32). The smallest absolute Gasteiger partial charge is 0.264 e. The van der Waals surface area contributed by atoms with Gasteiger partial charge in [-0.3, -0.25) is 9.10 Å². The number of piperidine rings is 1. The lowest BCUT2D eigenvalue weighted by Gasteiger charge is -2.27. The van der Waals surface area contributed by atoms with E-state index in [0.29, 0.717) is 18.8 Å². The lowest BCUT2D eigenvalue weighted by atomic mass is 10.2. The normalized spacial score (nSPS) is 14.2. The summed E-state index contributed by atoms with van der Waals surface area (Å²) in [5, 5.41) is 2.64. The van der Waals surface area contributed by atoms with Gasteiger partial charge in [-0.1, -0.05) is 24.6 Å². The number of carbonyl (C=O) groups is 1. The Morgan fingerprint density at radius 1 is 0.805 bits per heavy atom. The highest BCUT2D eigenvalue weighted by Crippen LogP contribution is 2.33. The molecule has 3 aromatic rings. The zero-order valence-corrected chi connectivity index (χ0v) is 24.7.